The van der Waals surface area contributed by atoms with E-state index in [-0.39, 0.29) is 18.6 Å². The van der Waals surface area contributed by atoms with Gasteiger partial charge in [0.1, 0.15) is 11.9 Å². The average Bonchev–Trinajstić information content (AvgIpc) is 3.00. The molecule has 5 heteroatoms. The van der Waals surface area contributed by atoms with Gasteiger partial charge in [-0.25, -0.2) is 0 Å². The topological polar surface area (TPSA) is 46.4 Å². The Morgan fingerprint density at radius 3 is 2.50 bits per heavy atom. The molecule has 0 aliphatic heterocycles. The Bertz CT molecular complexity index is 773. The van der Waals surface area contributed by atoms with Crippen LogP contribution in [0.3, 0.4) is 0 Å². The second-order valence-electron chi connectivity index (χ2n) is 5.61. The van der Waals surface area contributed by atoms with Crippen molar-refractivity contribution in [3.05, 3.63) is 66.4 Å². The minimum Gasteiger partial charge on any atom is -0.496 e. The van der Waals surface area contributed by atoms with Crippen LogP contribution in [-0.4, -0.2) is 29.9 Å². The maximum atomic E-state index is 10.7. The molecule has 0 bridgehead atoms. The summed E-state index contributed by atoms with van der Waals surface area (Å²) in [5, 5.41) is 15.0. The Morgan fingerprint density at radius 1 is 1.08 bits per heavy atom. The lowest BCUT2D eigenvalue weighted by Gasteiger charge is -2.25. The number of aliphatic hydroxyl groups is 1. The largest absolute Gasteiger partial charge is 0.496 e. The number of halogens is 1. The number of ether oxygens (including phenoxy) is 1. The quantitative estimate of drug-likeness (QED) is 0.719. The first kappa shape index (κ1) is 18.3. The monoisotopic (exact) mass is 346 g/mol. The minimum absolute atomic E-state index is 0. The Labute approximate surface area is 148 Å². The van der Waals surface area contributed by atoms with Gasteiger partial charge in [-0.3, -0.25) is 5.32 Å². The summed E-state index contributed by atoms with van der Waals surface area (Å²) in [5.41, 5.74) is 2.16. The van der Waals surface area contributed by atoms with Gasteiger partial charge in [0.05, 0.1) is 18.7 Å². The van der Waals surface area contributed by atoms with Gasteiger partial charge < -0.3 is 14.4 Å². The molecule has 1 heterocycles. The van der Waals surface area contributed by atoms with Crippen LogP contribution < -0.4 is 10.1 Å². The van der Waals surface area contributed by atoms with Crippen LogP contribution in [0, 0.1) is 0 Å². The highest BCUT2D eigenvalue weighted by atomic mass is 35.5. The first-order valence-electron chi connectivity index (χ1n) is 7.77. The Kier molecular flexibility index (Phi) is 6.26. The molecule has 128 valence electrons. The molecule has 2 N–H and O–H groups in total. The molecule has 2 atom stereocenters. The molecule has 0 radical (unpaired) electrons. The maximum Gasteiger partial charge on any atom is 0.128 e. The van der Waals surface area contributed by atoms with Crippen LogP contribution in [0.4, 0.5) is 0 Å². The van der Waals surface area contributed by atoms with Gasteiger partial charge in [0.15, 0.2) is 0 Å². The summed E-state index contributed by atoms with van der Waals surface area (Å²) in [4.78, 5) is 0. The molecular formula is C19H23ClN2O2. The highest BCUT2D eigenvalue weighted by molar-refractivity contribution is 5.86. The van der Waals surface area contributed by atoms with Crippen LogP contribution in [0.2, 0.25) is 0 Å². The standard InChI is InChI=1S/C19H22N2O2.ClH/c1-20-19(17(22)13-14-7-4-3-5-8-14)21-12-11-15-16(21)9-6-10-18(15)23-2;/h3-12,17,19-20,22H,13H2,1-2H3;1H. The second-order valence-corrected chi connectivity index (χ2v) is 5.61. The fourth-order valence-electron chi connectivity index (χ4n) is 3.06. The third-order valence-corrected chi connectivity index (χ3v) is 4.19. The summed E-state index contributed by atoms with van der Waals surface area (Å²) in [7, 11) is 3.54. The number of benzene rings is 2. The number of rotatable bonds is 6. The van der Waals surface area contributed by atoms with Gasteiger partial charge in [0.25, 0.3) is 0 Å². The number of nitrogens with one attached hydrogen (secondary N) is 1. The minimum atomic E-state index is -0.538. The van der Waals surface area contributed by atoms with E-state index in [1.165, 1.54) is 0 Å². The molecule has 2 aromatic carbocycles. The number of aromatic nitrogens is 1. The summed E-state index contributed by atoms with van der Waals surface area (Å²) < 4.78 is 7.48. The van der Waals surface area contributed by atoms with Crippen LogP contribution in [0.5, 0.6) is 5.75 Å². The molecule has 0 amide bonds. The van der Waals surface area contributed by atoms with Gasteiger partial charge in [-0.15, -0.1) is 12.4 Å². The van der Waals surface area contributed by atoms with Crippen molar-refractivity contribution in [3.63, 3.8) is 0 Å². The number of hydrogen-bond donors (Lipinski definition) is 2. The van der Waals surface area contributed by atoms with Crippen LogP contribution in [-0.2, 0) is 6.42 Å². The normalized spacial score (nSPS) is 13.3. The lowest BCUT2D eigenvalue weighted by Crippen LogP contribution is -2.35. The maximum absolute atomic E-state index is 10.7. The summed E-state index contributed by atoms with van der Waals surface area (Å²) in [6.45, 7) is 0. The first-order valence-corrected chi connectivity index (χ1v) is 7.77. The lowest BCUT2D eigenvalue weighted by atomic mass is 10.1. The van der Waals surface area contributed by atoms with Gasteiger partial charge in [0.2, 0.25) is 0 Å². The highest BCUT2D eigenvalue weighted by Crippen LogP contribution is 2.29. The zero-order valence-corrected chi connectivity index (χ0v) is 14.7. The molecule has 0 saturated carbocycles. The van der Waals surface area contributed by atoms with E-state index < -0.39 is 6.10 Å². The van der Waals surface area contributed by atoms with E-state index in [2.05, 4.69) is 9.88 Å². The van der Waals surface area contributed by atoms with Crippen LogP contribution >= 0.6 is 12.4 Å². The van der Waals surface area contributed by atoms with E-state index in [9.17, 15) is 5.11 Å². The molecule has 24 heavy (non-hydrogen) atoms. The Balaban J connectivity index is 0.00000208. The molecule has 0 aliphatic carbocycles. The van der Waals surface area contributed by atoms with Gasteiger partial charge in [-0.05, 0) is 30.8 Å². The fourth-order valence-corrected chi connectivity index (χ4v) is 3.06. The Morgan fingerprint density at radius 2 is 1.83 bits per heavy atom. The molecule has 1 aromatic heterocycles. The number of fused-ring (bicyclic) bond motifs is 1. The summed E-state index contributed by atoms with van der Waals surface area (Å²) in [5.74, 6) is 0.841. The molecule has 3 aromatic rings. The van der Waals surface area contributed by atoms with Crippen LogP contribution in [0.15, 0.2) is 60.8 Å². The molecule has 2 unspecified atom stereocenters. The van der Waals surface area contributed by atoms with Crippen molar-refractivity contribution in [2.24, 2.45) is 0 Å². The van der Waals surface area contributed by atoms with Gasteiger partial charge >= 0.3 is 0 Å². The zero-order valence-electron chi connectivity index (χ0n) is 13.8. The van der Waals surface area contributed by atoms with E-state index in [1.54, 1.807) is 7.11 Å². The second kappa shape index (κ2) is 8.20. The molecule has 4 nitrogen and oxygen atoms in total. The molecule has 0 aliphatic rings. The Hall–Kier alpha value is -2.01. The predicted octanol–water partition coefficient (Wildman–Crippen LogP) is 3.39. The van der Waals surface area contributed by atoms with Crippen molar-refractivity contribution in [2.75, 3.05) is 14.2 Å². The van der Waals surface area contributed by atoms with Crippen molar-refractivity contribution in [1.82, 2.24) is 9.88 Å². The molecule has 3 rings (SSSR count). The highest BCUT2D eigenvalue weighted by Gasteiger charge is 2.21. The predicted molar refractivity (Wildman–Crippen MR) is 100.0 cm³/mol. The summed E-state index contributed by atoms with van der Waals surface area (Å²) in [6.07, 6.45) is 1.84. The molecular weight excluding hydrogens is 324 g/mol. The van der Waals surface area contributed by atoms with Crippen molar-refractivity contribution >= 4 is 23.3 Å². The van der Waals surface area contributed by atoms with Crippen molar-refractivity contribution in [1.29, 1.82) is 0 Å². The average molecular weight is 347 g/mol. The number of methoxy groups -OCH3 is 1. The molecule has 0 saturated heterocycles. The number of likely N-dealkylation sites (N-methyl/N-ethyl adjacent to an activating group) is 1. The van der Waals surface area contributed by atoms with Crippen molar-refractivity contribution < 1.29 is 9.84 Å². The smallest absolute Gasteiger partial charge is 0.128 e. The SMILES string of the molecule is CNC(C(O)Cc1ccccc1)n1ccc2c(OC)cccc21.Cl. The molecule has 0 spiro atoms. The van der Waals surface area contributed by atoms with Gasteiger partial charge in [-0.1, -0.05) is 36.4 Å². The number of nitrogens with zero attached hydrogens (tertiary/aromatic N) is 1. The number of hydrogen-bond acceptors (Lipinski definition) is 3. The third kappa shape index (κ3) is 3.56. The van der Waals surface area contributed by atoms with E-state index >= 15 is 0 Å². The van der Waals surface area contributed by atoms with E-state index in [0.717, 1.165) is 22.2 Å². The van der Waals surface area contributed by atoms with Crippen LogP contribution in [0.25, 0.3) is 10.9 Å². The van der Waals surface area contributed by atoms with Crippen molar-refractivity contribution in [2.45, 2.75) is 18.7 Å². The summed E-state index contributed by atoms with van der Waals surface area (Å²) >= 11 is 0. The lowest BCUT2D eigenvalue weighted by molar-refractivity contribution is 0.100. The molecule has 0 fully saturated rings. The van der Waals surface area contributed by atoms with E-state index in [1.807, 2.05) is 67.8 Å². The fraction of sp³-hybridized carbons (Fsp3) is 0.263. The first-order chi connectivity index (χ1) is 11.2. The number of aliphatic hydroxyl groups excluding tert-OH is 1. The van der Waals surface area contributed by atoms with Crippen LogP contribution in [0.1, 0.15) is 11.7 Å². The summed E-state index contributed by atoms with van der Waals surface area (Å²) in [6, 6.07) is 18.0. The zero-order chi connectivity index (χ0) is 16.2. The van der Waals surface area contributed by atoms with Crippen molar-refractivity contribution in [3.8, 4) is 5.75 Å². The van der Waals surface area contributed by atoms with E-state index in [4.69, 9.17) is 4.74 Å². The van der Waals surface area contributed by atoms with Gasteiger partial charge in [-0.2, -0.15) is 0 Å². The third-order valence-electron chi connectivity index (χ3n) is 4.19. The van der Waals surface area contributed by atoms with Gasteiger partial charge in [0, 0.05) is 18.0 Å². The van der Waals surface area contributed by atoms with E-state index in [0.29, 0.717) is 6.42 Å².